The van der Waals surface area contributed by atoms with E-state index in [2.05, 4.69) is 21.8 Å². The average molecular weight is 337 g/mol. The van der Waals surface area contributed by atoms with Crippen LogP contribution in [0.5, 0.6) is 0 Å². The summed E-state index contributed by atoms with van der Waals surface area (Å²) in [5.74, 6) is 0. The number of nitrogens with zero attached hydrogens (tertiary/aromatic N) is 3. The van der Waals surface area contributed by atoms with Crippen LogP contribution in [0.3, 0.4) is 0 Å². The number of halogens is 2. The monoisotopic (exact) mass is 336 g/mol. The Labute approximate surface area is 140 Å². The van der Waals surface area contributed by atoms with Crippen LogP contribution in [0.4, 0.5) is 5.69 Å². The molecule has 1 aliphatic rings. The molecule has 1 aromatic carbocycles. The summed E-state index contributed by atoms with van der Waals surface area (Å²) in [7, 11) is 0. The highest BCUT2D eigenvalue weighted by Gasteiger charge is 2.29. The molecule has 0 aliphatic carbocycles. The zero-order chi connectivity index (χ0) is 15.7. The molecule has 1 aromatic heterocycles. The number of rotatable bonds is 2. The van der Waals surface area contributed by atoms with E-state index in [-0.39, 0.29) is 10.9 Å². The number of nitrogens with two attached hydrogens (primary N) is 1. The van der Waals surface area contributed by atoms with Crippen LogP contribution >= 0.6 is 23.2 Å². The first kappa shape index (κ1) is 15.5. The minimum absolute atomic E-state index is 0.0608. The van der Waals surface area contributed by atoms with E-state index in [0.29, 0.717) is 12.2 Å². The number of likely N-dealkylation sites (N-methyl/N-ethyl adjacent to an activating group) is 1. The van der Waals surface area contributed by atoms with Crippen LogP contribution in [0.15, 0.2) is 30.7 Å². The van der Waals surface area contributed by atoms with Gasteiger partial charge < -0.3 is 5.73 Å². The first-order chi connectivity index (χ1) is 10.6. The lowest BCUT2D eigenvalue weighted by Crippen LogP contribution is -2.33. The van der Waals surface area contributed by atoms with E-state index in [0.717, 1.165) is 35.3 Å². The molecule has 3 rings (SSSR count). The molecule has 0 saturated carbocycles. The maximum Gasteiger partial charge on any atom is 0.116 e. The molecule has 0 spiro atoms. The maximum atomic E-state index is 6.72. The number of alkyl halides is 2. The lowest BCUT2D eigenvalue weighted by molar-refractivity contribution is 0.271. The van der Waals surface area contributed by atoms with Crippen LogP contribution in [0.25, 0.3) is 11.3 Å². The molecule has 2 heterocycles. The third-order valence-corrected chi connectivity index (χ3v) is 4.89. The van der Waals surface area contributed by atoms with Crippen molar-refractivity contribution >= 4 is 28.9 Å². The van der Waals surface area contributed by atoms with Crippen LogP contribution in [0.2, 0.25) is 0 Å². The van der Waals surface area contributed by atoms with Crippen molar-refractivity contribution in [2.24, 2.45) is 0 Å². The van der Waals surface area contributed by atoms with Crippen LogP contribution in [-0.2, 0) is 6.42 Å². The number of nitrogen functional groups attached to an aromatic ring is 1. The zero-order valence-corrected chi connectivity index (χ0v) is 13.8. The lowest BCUT2D eigenvalue weighted by atomic mass is 9.93. The van der Waals surface area contributed by atoms with Gasteiger partial charge in [0, 0.05) is 30.4 Å². The number of hydrogen-bond acceptors (Lipinski definition) is 4. The quantitative estimate of drug-likeness (QED) is 0.518. The summed E-state index contributed by atoms with van der Waals surface area (Å²) in [5, 5.41) is -0.174. The average Bonchev–Trinajstić information content (AvgIpc) is 2.65. The number of aromatic nitrogens is 2. The van der Waals surface area contributed by atoms with E-state index in [1.807, 2.05) is 18.2 Å². The van der Waals surface area contributed by atoms with Crippen molar-refractivity contribution in [1.29, 1.82) is 0 Å². The van der Waals surface area contributed by atoms with Gasteiger partial charge in [-0.15, -0.1) is 23.2 Å². The Bertz CT molecular complexity index is 663. The van der Waals surface area contributed by atoms with Gasteiger partial charge in [0.15, 0.2) is 0 Å². The number of hydrogen-bond donors (Lipinski definition) is 1. The van der Waals surface area contributed by atoms with Crippen molar-refractivity contribution in [1.82, 2.24) is 14.9 Å². The Morgan fingerprint density at radius 1 is 1.32 bits per heavy atom. The van der Waals surface area contributed by atoms with Gasteiger partial charge in [-0.1, -0.05) is 13.0 Å². The number of anilines is 1. The van der Waals surface area contributed by atoms with E-state index < -0.39 is 0 Å². The second-order valence-corrected chi connectivity index (χ2v) is 6.42. The van der Waals surface area contributed by atoms with E-state index in [4.69, 9.17) is 28.9 Å². The molecule has 2 aromatic rings. The van der Waals surface area contributed by atoms with Gasteiger partial charge in [0.2, 0.25) is 0 Å². The third-order valence-electron chi connectivity index (χ3n) is 4.10. The zero-order valence-electron chi connectivity index (χ0n) is 12.3. The highest BCUT2D eigenvalue weighted by atomic mass is 35.5. The molecule has 0 amide bonds. The minimum Gasteiger partial charge on any atom is -0.398 e. The summed E-state index contributed by atoms with van der Waals surface area (Å²) in [5.41, 5.74) is 10.7. The van der Waals surface area contributed by atoms with Crippen LogP contribution in [0.1, 0.15) is 23.4 Å². The minimum atomic E-state index is -0.174. The molecular formula is C16H18Cl2N4. The SMILES string of the molecule is CCN1CC(Cl)c2c(ccc(N)c2-c2ccncn2)CC1Cl. The van der Waals surface area contributed by atoms with E-state index >= 15 is 0 Å². The third kappa shape index (κ3) is 2.78. The summed E-state index contributed by atoms with van der Waals surface area (Å²) in [4.78, 5) is 10.5. The Morgan fingerprint density at radius 2 is 2.14 bits per heavy atom. The molecule has 0 fully saturated rings. The predicted octanol–water partition coefficient (Wildman–Crippen LogP) is 3.45. The second kappa shape index (κ2) is 6.41. The molecule has 0 radical (unpaired) electrons. The van der Waals surface area contributed by atoms with Crippen LogP contribution in [-0.4, -0.2) is 33.5 Å². The van der Waals surface area contributed by atoms with E-state index in [9.17, 15) is 0 Å². The Hall–Kier alpha value is -1.36. The van der Waals surface area contributed by atoms with Gasteiger partial charge in [-0.3, -0.25) is 4.90 Å². The topological polar surface area (TPSA) is 55.0 Å². The summed E-state index contributed by atoms with van der Waals surface area (Å²) in [6, 6.07) is 5.79. The molecule has 1 aliphatic heterocycles. The fourth-order valence-corrected chi connectivity index (χ4v) is 3.80. The summed E-state index contributed by atoms with van der Waals surface area (Å²) in [6.45, 7) is 3.65. The van der Waals surface area contributed by atoms with Gasteiger partial charge >= 0.3 is 0 Å². The van der Waals surface area contributed by atoms with Gasteiger partial charge in [-0.25, -0.2) is 9.97 Å². The smallest absolute Gasteiger partial charge is 0.116 e. The van der Waals surface area contributed by atoms with E-state index in [1.165, 1.54) is 6.33 Å². The van der Waals surface area contributed by atoms with Crippen molar-refractivity contribution in [2.75, 3.05) is 18.8 Å². The summed E-state index contributed by atoms with van der Waals surface area (Å²) < 4.78 is 0. The van der Waals surface area contributed by atoms with Crippen molar-refractivity contribution in [3.05, 3.63) is 41.9 Å². The van der Waals surface area contributed by atoms with Crippen LogP contribution < -0.4 is 5.73 Å². The highest BCUT2D eigenvalue weighted by molar-refractivity contribution is 6.23. The van der Waals surface area contributed by atoms with Gasteiger partial charge in [-0.2, -0.15) is 0 Å². The van der Waals surface area contributed by atoms with Gasteiger partial charge in [-0.05, 0) is 29.8 Å². The predicted molar refractivity (Wildman–Crippen MR) is 91.1 cm³/mol. The Kier molecular flexibility index (Phi) is 4.52. The molecule has 2 atom stereocenters. The van der Waals surface area contributed by atoms with E-state index in [1.54, 1.807) is 6.20 Å². The van der Waals surface area contributed by atoms with Gasteiger partial charge in [0.1, 0.15) is 6.33 Å². The standard InChI is InChI=1S/C16H18Cl2N4/c1-2-22-8-11(17)15-10(7-14(22)18)3-4-12(19)16(15)13-5-6-20-9-21-13/h3-6,9,11,14H,2,7-8,19H2,1H3. The van der Waals surface area contributed by atoms with Crippen molar-refractivity contribution in [2.45, 2.75) is 24.2 Å². The fourth-order valence-electron chi connectivity index (χ4n) is 2.99. The molecule has 0 bridgehead atoms. The first-order valence-electron chi connectivity index (χ1n) is 7.31. The molecule has 0 saturated heterocycles. The summed E-state index contributed by atoms with van der Waals surface area (Å²) in [6.07, 6.45) is 3.98. The summed E-state index contributed by atoms with van der Waals surface area (Å²) >= 11 is 13.2. The Morgan fingerprint density at radius 3 is 2.82 bits per heavy atom. The van der Waals surface area contributed by atoms with Crippen molar-refractivity contribution in [3.63, 3.8) is 0 Å². The first-order valence-corrected chi connectivity index (χ1v) is 8.19. The number of benzene rings is 1. The normalized spacial score (nSPS) is 22.1. The molecule has 22 heavy (non-hydrogen) atoms. The second-order valence-electron chi connectivity index (χ2n) is 5.39. The highest BCUT2D eigenvalue weighted by Crippen LogP contribution is 2.40. The molecule has 2 N–H and O–H groups in total. The van der Waals surface area contributed by atoms with Gasteiger partial charge in [0.25, 0.3) is 0 Å². The van der Waals surface area contributed by atoms with Crippen LogP contribution in [0, 0.1) is 0 Å². The number of fused-ring (bicyclic) bond motifs is 1. The fraction of sp³-hybridized carbons (Fsp3) is 0.375. The Balaban J connectivity index is 2.17. The molecular weight excluding hydrogens is 319 g/mol. The molecule has 6 heteroatoms. The van der Waals surface area contributed by atoms with Crippen molar-refractivity contribution < 1.29 is 0 Å². The van der Waals surface area contributed by atoms with Gasteiger partial charge in [0.05, 0.1) is 16.6 Å². The largest absolute Gasteiger partial charge is 0.398 e. The maximum absolute atomic E-state index is 6.72. The van der Waals surface area contributed by atoms with Crippen molar-refractivity contribution in [3.8, 4) is 11.3 Å². The molecule has 4 nitrogen and oxygen atoms in total. The lowest BCUT2D eigenvalue weighted by Gasteiger charge is -2.24. The molecule has 116 valence electrons. The molecule has 2 unspecified atom stereocenters.